The van der Waals surface area contributed by atoms with E-state index in [-0.39, 0.29) is 11.8 Å². The number of nitrogens with zero attached hydrogens (tertiary/aromatic N) is 4. The van der Waals surface area contributed by atoms with Gasteiger partial charge >= 0.3 is 0 Å². The maximum absolute atomic E-state index is 15.0. The van der Waals surface area contributed by atoms with Gasteiger partial charge in [0.15, 0.2) is 9.74 Å². The SMILES string of the molecule is CN1C(=O)[C@]23SSSS[C@]1(C)C(=O)N2[C@H]1Nc2ccccc2[C@@]1([C@@]12c4ccccc4N[C@@H]1N1C(=O)[C@@]4(C)SS[C@]1(C(=O)N4C)[C@H]2O)[C@@H]3O. The molecule has 10 aliphatic heterocycles. The molecular formula is C30H28N6O6S6. The fourth-order valence-corrected chi connectivity index (χ4v) is 21.0. The zero-order chi connectivity index (χ0) is 33.6. The first-order valence-corrected chi connectivity index (χ1v) is 22.2. The van der Waals surface area contributed by atoms with Gasteiger partial charge in [0.2, 0.25) is 9.74 Å². The van der Waals surface area contributed by atoms with Crippen LogP contribution in [0.4, 0.5) is 11.4 Å². The Morgan fingerprint density at radius 3 is 1.52 bits per heavy atom. The number of hydrogen-bond donors (Lipinski definition) is 4. The Morgan fingerprint density at radius 2 is 1.02 bits per heavy atom. The molecule has 48 heavy (non-hydrogen) atoms. The molecule has 8 fully saturated rings. The summed E-state index contributed by atoms with van der Waals surface area (Å²) in [5.41, 5.74) is -0.853. The topological polar surface area (TPSA) is 146 Å². The number of para-hydroxylation sites is 2. The van der Waals surface area contributed by atoms with E-state index in [4.69, 9.17) is 0 Å². The molecule has 8 saturated heterocycles. The molecular weight excluding hydrogens is 733 g/mol. The third-order valence-corrected chi connectivity index (χ3v) is 23.2. The number of anilines is 2. The third kappa shape index (κ3) is 2.71. The van der Waals surface area contributed by atoms with Gasteiger partial charge in [-0.15, -0.1) is 0 Å². The second-order valence-electron chi connectivity index (χ2n) is 13.6. The van der Waals surface area contributed by atoms with Crippen LogP contribution < -0.4 is 10.6 Å². The number of benzene rings is 2. The summed E-state index contributed by atoms with van der Waals surface area (Å²) in [6.45, 7) is 3.43. The zero-order valence-electron chi connectivity index (χ0n) is 25.7. The van der Waals surface area contributed by atoms with E-state index in [1.165, 1.54) is 71.6 Å². The van der Waals surface area contributed by atoms with Crippen molar-refractivity contribution in [1.29, 1.82) is 0 Å². The van der Waals surface area contributed by atoms with Gasteiger partial charge in [-0.05, 0) is 89.1 Å². The van der Waals surface area contributed by atoms with Crippen LogP contribution in [0.15, 0.2) is 48.5 Å². The molecule has 0 radical (unpaired) electrons. The maximum Gasteiger partial charge on any atom is 0.264 e. The van der Waals surface area contributed by atoms with Crippen LogP contribution in [0.2, 0.25) is 0 Å². The summed E-state index contributed by atoms with van der Waals surface area (Å²) >= 11 is 0. The first kappa shape index (κ1) is 30.7. The number of carbonyl (C=O) groups excluding carboxylic acids is 4. The lowest BCUT2D eigenvalue weighted by molar-refractivity contribution is -0.166. The van der Waals surface area contributed by atoms with Crippen LogP contribution in [-0.4, -0.2) is 112 Å². The van der Waals surface area contributed by atoms with Crippen molar-refractivity contribution in [2.24, 2.45) is 0 Å². The van der Waals surface area contributed by atoms with Gasteiger partial charge in [-0.25, -0.2) is 0 Å². The minimum Gasteiger partial charge on any atom is -0.388 e. The number of nitrogens with one attached hydrogen (secondary N) is 2. The molecule has 4 bridgehead atoms. The number of hydrogen-bond acceptors (Lipinski definition) is 14. The molecule has 12 rings (SSSR count). The summed E-state index contributed by atoms with van der Waals surface area (Å²) in [5, 5.41) is 34.0. The lowest BCUT2D eigenvalue weighted by Crippen LogP contribution is -2.77. The summed E-state index contributed by atoms with van der Waals surface area (Å²) in [5.74, 6) is -1.56. The Kier molecular flexibility index (Phi) is 5.79. The van der Waals surface area contributed by atoms with Crippen LogP contribution in [0.1, 0.15) is 25.0 Å². The number of amides is 4. The van der Waals surface area contributed by atoms with Crippen LogP contribution in [0.25, 0.3) is 0 Å². The average Bonchev–Trinajstić information content (AvgIpc) is 3.73. The van der Waals surface area contributed by atoms with E-state index in [1.54, 1.807) is 27.9 Å². The second-order valence-corrected chi connectivity index (χ2v) is 22.7. The summed E-state index contributed by atoms with van der Waals surface area (Å²) < 4.78 is 0. The van der Waals surface area contributed by atoms with Crippen molar-refractivity contribution in [3.63, 3.8) is 0 Å². The highest BCUT2D eigenvalue weighted by atomic mass is 33.7. The average molecular weight is 761 g/mol. The molecule has 250 valence electrons. The predicted molar refractivity (Wildman–Crippen MR) is 190 cm³/mol. The molecule has 2 aromatic carbocycles. The zero-order valence-corrected chi connectivity index (χ0v) is 30.6. The Balaban J connectivity index is 1.35. The lowest BCUT2D eigenvalue weighted by atomic mass is 9.52. The summed E-state index contributed by atoms with van der Waals surface area (Å²) in [7, 11) is 10.7. The summed E-state index contributed by atoms with van der Waals surface area (Å²) in [4.78, 5) is 59.0. The van der Waals surface area contributed by atoms with E-state index in [9.17, 15) is 24.6 Å². The number of aliphatic hydroxyl groups is 2. The first-order chi connectivity index (χ1) is 22.8. The standard InChI is InChI=1S/C30H28N6O6S6/c1-25-21(39)35-19-27(13-9-5-7-11-15(13)31-19,17(37)29(35,45-43-25)23(41)33(25)3)28-14-10-6-8-12-16(14)32-20(28)36-22(40)26(2)34(4)24(42)30(36,18(28)38)46-48-47-44-26/h5-12,17-20,31-32,37-38H,1-4H3/t17-,18-,19+,20+,25+,26+,27+,28+,29-,30-/m0/s1. The minimum absolute atomic E-state index is 0.346. The van der Waals surface area contributed by atoms with Crippen LogP contribution in [0.3, 0.4) is 0 Å². The maximum atomic E-state index is 15.0. The smallest absolute Gasteiger partial charge is 0.264 e. The highest BCUT2D eigenvalue weighted by Crippen LogP contribution is 2.78. The Labute approximate surface area is 298 Å². The molecule has 0 aromatic heterocycles. The van der Waals surface area contributed by atoms with Gasteiger partial charge in [0, 0.05) is 25.5 Å². The predicted octanol–water partition coefficient (Wildman–Crippen LogP) is 2.63. The van der Waals surface area contributed by atoms with E-state index >= 15 is 4.79 Å². The largest absolute Gasteiger partial charge is 0.388 e. The Bertz CT molecular complexity index is 1940. The van der Waals surface area contributed by atoms with Gasteiger partial charge in [0.05, 0.1) is 10.8 Å². The van der Waals surface area contributed by atoms with Crippen LogP contribution >= 0.6 is 62.8 Å². The van der Waals surface area contributed by atoms with Crippen molar-refractivity contribution in [3.8, 4) is 0 Å². The molecule has 10 atom stereocenters. The number of likely N-dealkylation sites (N-methyl/N-ethyl adjacent to an activating group) is 2. The Morgan fingerprint density at radius 1 is 0.604 bits per heavy atom. The number of carbonyl (C=O) groups is 4. The number of piperazine rings is 2. The van der Waals surface area contributed by atoms with Gasteiger partial charge in [-0.2, -0.15) is 0 Å². The van der Waals surface area contributed by atoms with E-state index in [1.807, 2.05) is 48.5 Å². The number of rotatable bonds is 1. The molecule has 10 heterocycles. The minimum atomic E-state index is -1.82. The van der Waals surface area contributed by atoms with Gasteiger partial charge < -0.3 is 30.6 Å². The highest BCUT2D eigenvalue weighted by molar-refractivity contribution is 9.26. The lowest BCUT2D eigenvalue weighted by Gasteiger charge is -2.58. The second kappa shape index (κ2) is 9.05. The van der Waals surface area contributed by atoms with Crippen molar-refractivity contribution < 1.29 is 29.4 Å². The van der Waals surface area contributed by atoms with Crippen molar-refractivity contribution in [3.05, 3.63) is 59.7 Å². The monoisotopic (exact) mass is 760 g/mol. The molecule has 0 unspecified atom stereocenters. The van der Waals surface area contributed by atoms with Crippen molar-refractivity contribution in [2.75, 3.05) is 24.7 Å². The van der Waals surface area contributed by atoms with Crippen LogP contribution in [0, 0.1) is 0 Å². The van der Waals surface area contributed by atoms with Gasteiger partial charge in [0.25, 0.3) is 23.6 Å². The molecule has 4 amide bonds. The van der Waals surface area contributed by atoms with Crippen molar-refractivity contribution >= 4 is 97.8 Å². The van der Waals surface area contributed by atoms with Gasteiger partial charge in [-0.3, -0.25) is 29.0 Å². The van der Waals surface area contributed by atoms with Crippen molar-refractivity contribution in [2.45, 2.75) is 68.7 Å². The van der Waals surface area contributed by atoms with E-state index in [0.29, 0.717) is 22.5 Å². The molecule has 12 nitrogen and oxygen atoms in total. The third-order valence-electron chi connectivity index (χ3n) is 12.2. The molecule has 18 heteroatoms. The fraction of sp³-hybridized carbons (Fsp3) is 0.467. The summed E-state index contributed by atoms with van der Waals surface area (Å²) in [6.07, 6.45) is -5.31. The Hall–Kier alpha value is -2.06. The molecule has 0 saturated carbocycles. The highest BCUT2D eigenvalue weighted by Gasteiger charge is 2.92. The first-order valence-electron chi connectivity index (χ1n) is 15.2. The fourth-order valence-electron chi connectivity index (χ4n) is 9.80. The number of fused-ring (bicyclic) bond motifs is 13. The van der Waals surface area contributed by atoms with Gasteiger partial charge in [0.1, 0.15) is 24.5 Å². The molecule has 2 spiro atoms. The quantitative estimate of drug-likeness (QED) is 0.316. The molecule has 0 aliphatic carbocycles. The number of aliphatic hydroxyl groups excluding tert-OH is 2. The van der Waals surface area contributed by atoms with Crippen LogP contribution in [0.5, 0.6) is 0 Å². The van der Waals surface area contributed by atoms with Crippen LogP contribution in [-0.2, 0) is 30.0 Å². The summed E-state index contributed by atoms with van der Waals surface area (Å²) in [6, 6.07) is 14.8. The molecule has 10 aliphatic rings. The van der Waals surface area contributed by atoms with Gasteiger partial charge in [-0.1, -0.05) is 47.2 Å². The normalized spacial score (nSPS) is 46.0. The molecule has 4 N–H and O–H groups in total. The van der Waals surface area contributed by atoms with E-state index in [0.717, 1.165) is 10.8 Å². The van der Waals surface area contributed by atoms with E-state index in [2.05, 4.69) is 10.6 Å². The van der Waals surface area contributed by atoms with Crippen molar-refractivity contribution in [1.82, 2.24) is 19.6 Å². The van der Waals surface area contributed by atoms with E-state index < -0.39 is 66.7 Å². The molecule has 2 aromatic rings.